The number of carbonyl (C=O) groups excluding carboxylic acids is 1. The first-order chi connectivity index (χ1) is 10.2. The zero-order valence-electron chi connectivity index (χ0n) is 11.4. The predicted octanol–water partition coefficient (Wildman–Crippen LogP) is 3.28. The Hall–Kier alpha value is -3.06. The molecule has 4 nitrogen and oxygen atoms in total. The number of methoxy groups -OCH3 is 1. The Morgan fingerprint density at radius 3 is 2.62 bits per heavy atom. The highest BCUT2D eigenvalue weighted by Crippen LogP contribution is 2.27. The fourth-order valence-electron chi connectivity index (χ4n) is 2.32. The first-order valence-electron chi connectivity index (χ1n) is 6.44. The van der Waals surface area contributed by atoms with Gasteiger partial charge in [0.25, 0.3) is 0 Å². The van der Waals surface area contributed by atoms with E-state index < -0.39 is 0 Å². The number of nitrogens with zero attached hydrogens (tertiary/aromatic N) is 1. The van der Waals surface area contributed by atoms with Crippen LogP contribution in [0.2, 0.25) is 0 Å². The van der Waals surface area contributed by atoms with E-state index in [4.69, 9.17) is 4.74 Å². The lowest BCUT2D eigenvalue weighted by molar-refractivity contribution is 0.103. The highest BCUT2D eigenvalue weighted by Gasteiger charge is 2.19. The number of aromatic amines is 1. The molecule has 0 radical (unpaired) electrons. The first kappa shape index (κ1) is 12.9. The molecular formula is C17H12N2O2. The number of H-pyrrole nitrogens is 1. The van der Waals surface area contributed by atoms with Crippen molar-refractivity contribution in [3.63, 3.8) is 0 Å². The van der Waals surface area contributed by atoms with E-state index in [0.717, 1.165) is 5.39 Å². The second kappa shape index (κ2) is 5.14. The number of carbonyl (C=O) groups is 1. The smallest absolute Gasteiger partial charge is 0.210 e. The number of ether oxygens (including phenoxy) is 1. The average Bonchev–Trinajstić information content (AvgIpc) is 2.92. The fourth-order valence-corrected chi connectivity index (χ4v) is 2.32. The van der Waals surface area contributed by atoms with Gasteiger partial charge in [-0.1, -0.05) is 30.3 Å². The number of fused-ring (bicyclic) bond motifs is 1. The van der Waals surface area contributed by atoms with Crippen LogP contribution in [0.25, 0.3) is 10.9 Å². The lowest BCUT2D eigenvalue weighted by Crippen LogP contribution is -2.03. The largest absolute Gasteiger partial charge is 0.497 e. The monoisotopic (exact) mass is 276 g/mol. The van der Waals surface area contributed by atoms with Gasteiger partial charge in [0.15, 0.2) is 0 Å². The molecule has 2 aromatic carbocycles. The molecule has 102 valence electrons. The van der Waals surface area contributed by atoms with E-state index in [0.29, 0.717) is 28.1 Å². The number of nitriles is 1. The minimum absolute atomic E-state index is 0.192. The number of nitrogens with one attached hydrogen (secondary N) is 1. The van der Waals surface area contributed by atoms with Crippen molar-refractivity contribution in [3.8, 4) is 11.8 Å². The molecule has 0 aliphatic rings. The molecule has 1 aromatic heterocycles. The van der Waals surface area contributed by atoms with Gasteiger partial charge in [0.05, 0.1) is 18.2 Å². The van der Waals surface area contributed by atoms with Crippen LogP contribution >= 0.6 is 0 Å². The summed E-state index contributed by atoms with van der Waals surface area (Å²) in [6.07, 6.45) is 0. The van der Waals surface area contributed by atoms with Gasteiger partial charge < -0.3 is 9.72 Å². The summed E-state index contributed by atoms with van der Waals surface area (Å²) in [7, 11) is 1.57. The van der Waals surface area contributed by atoms with Gasteiger partial charge in [-0.05, 0) is 12.1 Å². The summed E-state index contributed by atoms with van der Waals surface area (Å²) in [6, 6.07) is 16.3. The van der Waals surface area contributed by atoms with Crippen molar-refractivity contribution >= 4 is 16.7 Å². The Morgan fingerprint density at radius 1 is 1.19 bits per heavy atom. The summed E-state index contributed by atoms with van der Waals surface area (Å²) in [5, 5.41) is 10.1. The number of aromatic nitrogens is 1. The topological polar surface area (TPSA) is 65.9 Å². The first-order valence-corrected chi connectivity index (χ1v) is 6.44. The maximum Gasteiger partial charge on any atom is 0.210 e. The minimum Gasteiger partial charge on any atom is -0.497 e. The van der Waals surface area contributed by atoms with E-state index in [9.17, 15) is 10.1 Å². The summed E-state index contributed by atoms with van der Waals surface area (Å²) < 4.78 is 5.16. The molecule has 0 saturated carbocycles. The molecule has 1 N–H and O–H groups in total. The van der Waals surface area contributed by atoms with E-state index in [2.05, 4.69) is 11.1 Å². The minimum atomic E-state index is -0.192. The highest BCUT2D eigenvalue weighted by molar-refractivity contribution is 6.12. The standard InChI is InChI=1S/C17H12N2O2/c1-21-12-7-8-13-14(10-18)16(19-15(13)9-12)17(20)11-5-3-2-4-6-11/h2-9,19H,1H3. The summed E-state index contributed by atoms with van der Waals surface area (Å²) in [5.74, 6) is 0.481. The number of benzene rings is 2. The van der Waals surface area contributed by atoms with Crippen LogP contribution in [0.1, 0.15) is 21.6 Å². The molecule has 3 rings (SSSR count). The summed E-state index contributed by atoms with van der Waals surface area (Å²) in [4.78, 5) is 15.6. The van der Waals surface area contributed by atoms with Crippen molar-refractivity contribution in [1.82, 2.24) is 4.98 Å². The summed E-state index contributed by atoms with van der Waals surface area (Å²) in [5.41, 5.74) is 1.94. The molecule has 0 bridgehead atoms. The van der Waals surface area contributed by atoms with Crippen molar-refractivity contribution in [1.29, 1.82) is 5.26 Å². The van der Waals surface area contributed by atoms with Gasteiger partial charge in [0, 0.05) is 17.0 Å². The van der Waals surface area contributed by atoms with E-state index in [1.165, 1.54) is 0 Å². The average molecular weight is 276 g/mol. The van der Waals surface area contributed by atoms with Crippen molar-refractivity contribution in [2.75, 3.05) is 7.11 Å². The molecule has 0 amide bonds. The van der Waals surface area contributed by atoms with Gasteiger partial charge >= 0.3 is 0 Å². The van der Waals surface area contributed by atoms with Crippen LogP contribution in [0.15, 0.2) is 48.5 Å². The van der Waals surface area contributed by atoms with Crippen LogP contribution in [-0.4, -0.2) is 17.9 Å². The van der Waals surface area contributed by atoms with Crippen molar-refractivity contribution in [2.45, 2.75) is 0 Å². The normalized spacial score (nSPS) is 10.3. The van der Waals surface area contributed by atoms with E-state index >= 15 is 0 Å². The molecule has 4 heteroatoms. The molecular weight excluding hydrogens is 264 g/mol. The highest BCUT2D eigenvalue weighted by atomic mass is 16.5. The Labute approximate surface area is 121 Å². The SMILES string of the molecule is COc1ccc2c(C#N)c(C(=O)c3ccccc3)[nH]c2c1. The molecule has 0 aliphatic carbocycles. The third-order valence-electron chi connectivity index (χ3n) is 3.38. The molecule has 0 fully saturated rings. The maximum atomic E-state index is 12.5. The van der Waals surface area contributed by atoms with Crippen LogP contribution in [0, 0.1) is 11.3 Å². The number of hydrogen-bond acceptors (Lipinski definition) is 3. The van der Waals surface area contributed by atoms with E-state index in [1.54, 1.807) is 49.6 Å². The molecule has 0 aliphatic heterocycles. The lowest BCUT2D eigenvalue weighted by atomic mass is 10.0. The van der Waals surface area contributed by atoms with Crippen LogP contribution < -0.4 is 4.74 Å². The molecule has 0 saturated heterocycles. The third-order valence-corrected chi connectivity index (χ3v) is 3.38. The molecule has 21 heavy (non-hydrogen) atoms. The summed E-state index contributed by atoms with van der Waals surface area (Å²) in [6.45, 7) is 0. The van der Waals surface area contributed by atoms with Crippen LogP contribution in [0.3, 0.4) is 0 Å². The van der Waals surface area contributed by atoms with Crippen LogP contribution in [0.5, 0.6) is 5.75 Å². The van der Waals surface area contributed by atoms with Gasteiger partial charge in [0.1, 0.15) is 17.5 Å². The van der Waals surface area contributed by atoms with Gasteiger partial charge in [0.2, 0.25) is 5.78 Å². The Bertz CT molecular complexity index is 858. The van der Waals surface area contributed by atoms with Crippen molar-refractivity contribution < 1.29 is 9.53 Å². The third kappa shape index (κ3) is 2.15. The van der Waals surface area contributed by atoms with Crippen molar-refractivity contribution in [2.24, 2.45) is 0 Å². The van der Waals surface area contributed by atoms with Crippen LogP contribution in [0.4, 0.5) is 0 Å². The molecule has 0 atom stereocenters. The van der Waals surface area contributed by atoms with Crippen LogP contribution in [-0.2, 0) is 0 Å². The Kier molecular flexibility index (Phi) is 3.17. The maximum absolute atomic E-state index is 12.5. The molecule has 0 spiro atoms. The lowest BCUT2D eigenvalue weighted by Gasteiger charge is -1.98. The zero-order chi connectivity index (χ0) is 14.8. The van der Waals surface area contributed by atoms with Gasteiger partial charge in [-0.3, -0.25) is 4.79 Å². The zero-order valence-corrected chi connectivity index (χ0v) is 11.4. The number of hydrogen-bond donors (Lipinski definition) is 1. The second-order valence-electron chi connectivity index (χ2n) is 4.59. The molecule has 1 heterocycles. The van der Waals surface area contributed by atoms with Gasteiger partial charge in [-0.15, -0.1) is 0 Å². The van der Waals surface area contributed by atoms with Gasteiger partial charge in [-0.25, -0.2) is 0 Å². The second-order valence-corrected chi connectivity index (χ2v) is 4.59. The van der Waals surface area contributed by atoms with Gasteiger partial charge in [-0.2, -0.15) is 5.26 Å². The van der Waals surface area contributed by atoms with E-state index in [-0.39, 0.29) is 5.78 Å². The number of ketones is 1. The quantitative estimate of drug-likeness (QED) is 0.746. The van der Waals surface area contributed by atoms with Crippen molar-refractivity contribution in [3.05, 3.63) is 65.4 Å². The molecule has 0 unspecified atom stereocenters. The number of rotatable bonds is 3. The fraction of sp³-hybridized carbons (Fsp3) is 0.0588. The van der Waals surface area contributed by atoms with E-state index in [1.807, 2.05) is 6.07 Å². The predicted molar refractivity (Wildman–Crippen MR) is 79.4 cm³/mol. The Morgan fingerprint density at radius 2 is 1.95 bits per heavy atom. The summed E-state index contributed by atoms with van der Waals surface area (Å²) >= 11 is 0. The molecule has 3 aromatic rings. The Balaban J connectivity index is 2.19.